The van der Waals surface area contributed by atoms with Gasteiger partial charge in [-0.3, -0.25) is 0 Å². The summed E-state index contributed by atoms with van der Waals surface area (Å²) in [5.74, 6) is 1.88. The Bertz CT molecular complexity index is 824. The second-order valence-corrected chi connectivity index (χ2v) is 6.86. The van der Waals surface area contributed by atoms with Gasteiger partial charge in [0, 0.05) is 28.5 Å². The van der Waals surface area contributed by atoms with Crippen molar-refractivity contribution in [3.05, 3.63) is 53.0 Å². The highest BCUT2D eigenvalue weighted by Crippen LogP contribution is 2.29. The zero-order valence-corrected chi connectivity index (χ0v) is 14.5. The van der Waals surface area contributed by atoms with E-state index in [4.69, 9.17) is 9.97 Å². The summed E-state index contributed by atoms with van der Waals surface area (Å²) in [4.78, 5) is 12.1. The summed E-state index contributed by atoms with van der Waals surface area (Å²) in [5.41, 5.74) is 2.07. The second-order valence-electron chi connectivity index (χ2n) is 5.94. The zero-order valence-electron chi connectivity index (χ0n) is 12.9. The molecule has 0 aliphatic carbocycles. The summed E-state index contributed by atoms with van der Waals surface area (Å²) in [5, 5.41) is 1.15. The van der Waals surface area contributed by atoms with Gasteiger partial charge in [0.2, 0.25) is 0 Å². The Balaban J connectivity index is 1.87. The minimum Gasteiger partial charge on any atom is -0.356 e. The largest absolute Gasteiger partial charge is 0.356 e. The molecule has 0 unspecified atom stereocenters. The molecule has 4 heteroatoms. The Labute approximate surface area is 144 Å². The summed E-state index contributed by atoms with van der Waals surface area (Å²) in [7, 11) is 0. The molecule has 0 atom stereocenters. The Morgan fingerprint density at radius 2 is 1.57 bits per heavy atom. The van der Waals surface area contributed by atoms with Crippen molar-refractivity contribution in [2.24, 2.45) is 0 Å². The summed E-state index contributed by atoms with van der Waals surface area (Å²) >= 11 is 3.49. The predicted octanol–water partition coefficient (Wildman–Crippen LogP) is 5.05. The lowest BCUT2D eigenvalue weighted by molar-refractivity contribution is 0.575. The quantitative estimate of drug-likeness (QED) is 0.634. The van der Waals surface area contributed by atoms with E-state index in [1.54, 1.807) is 0 Å². The van der Waals surface area contributed by atoms with Gasteiger partial charge in [-0.1, -0.05) is 40.2 Å². The molecule has 3 nitrogen and oxygen atoms in total. The highest BCUT2D eigenvalue weighted by Gasteiger charge is 2.17. The van der Waals surface area contributed by atoms with Crippen LogP contribution in [0.1, 0.15) is 19.3 Å². The maximum Gasteiger partial charge on any atom is 0.162 e. The van der Waals surface area contributed by atoms with Crippen LogP contribution in [0.5, 0.6) is 0 Å². The smallest absolute Gasteiger partial charge is 0.162 e. The zero-order chi connectivity index (χ0) is 15.6. The molecule has 1 saturated heterocycles. The van der Waals surface area contributed by atoms with Crippen molar-refractivity contribution in [1.82, 2.24) is 9.97 Å². The van der Waals surface area contributed by atoms with Crippen LogP contribution in [-0.2, 0) is 0 Å². The first-order valence-corrected chi connectivity index (χ1v) is 8.88. The molecule has 3 aromatic rings. The Morgan fingerprint density at radius 3 is 2.35 bits per heavy atom. The fourth-order valence-electron chi connectivity index (χ4n) is 3.13. The first kappa shape index (κ1) is 14.6. The standard InChI is InChI=1S/C19H18BrN3/c20-15-10-8-14(9-11-15)18-21-17-7-3-2-6-16(17)19(22-18)23-12-4-1-5-13-23/h2-3,6-11H,1,4-5,12-13H2. The fraction of sp³-hybridized carbons (Fsp3) is 0.263. The van der Waals surface area contributed by atoms with E-state index < -0.39 is 0 Å². The number of benzene rings is 2. The van der Waals surface area contributed by atoms with Crippen LogP contribution in [-0.4, -0.2) is 23.1 Å². The van der Waals surface area contributed by atoms with Gasteiger partial charge in [-0.15, -0.1) is 0 Å². The fourth-order valence-corrected chi connectivity index (χ4v) is 3.40. The third-order valence-corrected chi connectivity index (χ3v) is 4.87. The lowest BCUT2D eigenvalue weighted by atomic mass is 10.1. The lowest BCUT2D eigenvalue weighted by Crippen LogP contribution is -2.30. The van der Waals surface area contributed by atoms with Gasteiger partial charge in [0.25, 0.3) is 0 Å². The van der Waals surface area contributed by atoms with Crippen molar-refractivity contribution >= 4 is 32.7 Å². The van der Waals surface area contributed by atoms with E-state index in [0.717, 1.165) is 45.7 Å². The molecule has 4 rings (SSSR count). The third kappa shape index (κ3) is 2.95. The van der Waals surface area contributed by atoms with Crippen molar-refractivity contribution < 1.29 is 0 Å². The topological polar surface area (TPSA) is 29.0 Å². The molecule has 0 radical (unpaired) electrons. The number of fused-ring (bicyclic) bond motifs is 1. The van der Waals surface area contributed by atoms with Crippen LogP contribution in [0.15, 0.2) is 53.0 Å². The second kappa shape index (κ2) is 6.28. The average Bonchev–Trinajstić information content (AvgIpc) is 2.62. The van der Waals surface area contributed by atoms with Gasteiger partial charge in [0.15, 0.2) is 5.82 Å². The molecule has 1 aliphatic rings. The van der Waals surface area contributed by atoms with Crippen LogP contribution in [0.2, 0.25) is 0 Å². The number of para-hydroxylation sites is 1. The molecule has 1 aromatic heterocycles. The lowest BCUT2D eigenvalue weighted by Gasteiger charge is -2.29. The summed E-state index contributed by atoms with van der Waals surface area (Å²) in [6.07, 6.45) is 3.80. The van der Waals surface area contributed by atoms with Gasteiger partial charge in [0.1, 0.15) is 5.82 Å². The normalized spacial score (nSPS) is 15.1. The van der Waals surface area contributed by atoms with Crippen molar-refractivity contribution in [2.75, 3.05) is 18.0 Å². The Kier molecular flexibility index (Phi) is 4.00. The first-order chi connectivity index (χ1) is 11.3. The Hall–Kier alpha value is -1.94. The average molecular weight is 368 g/mol. The number of piperidine rings is 1. The van der Waals surface area contributed by atoms with Crippen LogP contribution in [0.3, 0.4) is 0 Å². The molecular weight excluding hydrogens is 350 g/mol. The molecule has 0 spiro atoms. The van der Waals surface area contributed by atoms with Crippen LogP contribution in [0.25, 0.3) is 22.3 Å². The van der Waals surface area contributed by atoms with Crippen molar-refractivity contribution in [2.45, 2.75) is 19.3 Å². The summed E-state index contributed by atoms with van der Waals surface area (Å²) < 4.78 is 1.07. The maximum absolute atomic E-state index is 4.92. The molecule has 0 saturated carbocycles. The number of rotatable bonds is 2. The number of anilines is 1. The molecule has 1 aliphatic heterocycles. The molecule has 2 heterocycles. The molecule has 0 bridgehead atoms. The minimum atomic E-state index is 0.803. The molecule has 116 valence electrons. The highest BCUT2D eigenvalue weighted by atomic mass is 79.9. The molecule has 0 N–H and O–H groups in total. The number of hydrogen-bond acceptors (Lipinski definition) is 3. The van der Waals surface area contributed by atoms with E-state index in [0.29, 0.717) is 0 Å². The predicted molar refractivity (Wildman–Crippen MR) is 98.7 cm³/mol. The van der Waals surface area contributed by atoms with E-state index in [1.165, 1.54) is 19.3 Å². The SMILES string of the molecule is Brc1ccc(-c2nc(N3CCCCC3)c3ccccc3n2)cc1. The molecule has 2 aromatic carbocycles. The number of aromatic nitrogens is 2. The van der Waals surface area contributed by atoms with Crippen molar-refractivity contribution in [1.29, 1.82) is 0 Å². The molecule has 23 heavy (non-hydrogen) atoms. The van der Waals surface area contributed by atoms with Gasteiger partial charge in [-0.2, -0.15) is 0 Å². The van der Waals surface area contributed by atoms with Crippen molar-refractivity contribution in [3.8, 4) is 11.4 Å². The van der Waals surface area contributed by atoms with Crippen LogP contribution < -0.4 is 4.90 Å². The third-order valence-electron chi connectivity index (χ3n) is 4.34. The Morgan fingerprint density at radius 1 is 0.826 bits per heavy atom. The van der Waals surface area contributed by atoms with Gasteiger partial charge < -0.3 is 4.90 Å². The van der Waals surface area contributed by atoms with E-state index in [1.807, 2.05) is 18.2 Å². The van der Waals surface area contributed by atoms with E-state index in [2.05, 4.69) is 51.2 Å². The number of halogens is 1. The number of hydrogen-bond donors (Lipinski definition) is 0. The van der Waals surface area contributed by atoms with Gasteiger partial charge >= 0.3 is 0 Å². The molecule has 1 fully saturated rings. The number of nitrogens with zero attached hydrogens (tertiary/aromatic N) is 3. The van der Waals surface area contributed by atoms with Gasteiger partial charge in [-0.25, -0.2) is 9.97 Å². The van der Waals surface area contributed by atoms with E-state index in [9.17, 15) is 0 Å². The van der Waals surface area contributed by atoms with Crippen LogP contribution in [0.4, 0.5) is 5.82 Å². The first-order valence-electron chi connectivity index (χ1n) is 8.09. The van der Waals surface area contributed by atoms with Gasteiger partial charge in [-0.05, 0) is 43.5 Å². The van der Waals surface area contributed by atoms with Crippen LogP contribution >= 0.6 is 15.9 Å². The van der Waals surface area contributed by atoms with E-state index in [-0.39, 0.29) is 0 Å². The van der Waals surface area contributed by atoms with Gasteiger partial charge in [0.05, 0.1) is 5.52 Å². The molecule has 0 amide bonds. The highest BCUT2D eigenvalue weighted by molar-refractivity contribution is 9.10. The minimum absolute atomic E-state index is 0.803. The van der Waals surface area contributed by atoms with Crippen molar-refractivity contribution in [3.63, 3.8) is 0 Å². The maximum atomic E-state index is 4.92. The summed E-state index contributed by atoms with van der Waals surface area (Å²) in [6.45, 7) is 2.17. The molecular formula is C19H18BrN3. The van der Waals surface area contributed by atoms with Crippen LogP contribution in [0, 0.1) is 0 Å². The monoisotopic (exact) mass is 367 g/mol. The summed E-state index contributed by atoms with van der Waals surface area (Å²) in [6, 6.07) is 16.5. The van der Waals surface area contributed by atoms with E-state index >= 15 is 0 Å².